The lowest BCUT2D eigenvalue weighted by atomic mass is 9.86. The maximum atomic E-state index is 8.53. The molecule has 4 rings (SSSR count). The molecule has 1 fully saturated rings. The van der Waals surface area contributed by atoms with Crippen LogP contribution in [0.4, 0.5) is 5.82 Å². The molecule has 0 spiro atoms. The van der Waals surface area contributed by atoms with Crippen LogP contribution >= 0.6 is 0 Å². The molecule has 2 heterocycles. The van der Waals surface area contributed by atoms with E-state index in [9.17, 15) is 0 Å². The average Bonchev–Trinajstić information content (AvgIpc) is 2.72. The highest BCUT2D eigenvalue weighted by Gasteiger charge is 2.27. The van der Waals surface area contributed by atoms with E-state index in [1.54, 1.807) is 10.8 Å². The van der Waals surface area contributed by atoms with Crippen molar-refractivity contribution in [3.63, 3.8) is 0 Å². The summed E-state index contributed by atoms with van der Waals surface area (Å²) in [5.41, 5.74) is 14.6. The SMILES string of the molecule is N=C(N1CCCCC1)[n+]1cc(O[C@@H]2CC[C@H](N)c3ccccc32)c#cc1N. The number of nitrogen functional groups attached to an aromatic ring is 1. The van der Waals surface area contributed by atoms with Gasteiger partial charge in [-0.15, -0.1) is 0 Å². The van der Waals surface area contributed by atoms with Crippen LogP contribution in [0.15, 0.2) is 30.5 Å². The average molecular weight is 364 g/mol. The van der Waals surface area contributed by atoms with Gasteiger partial charge in [-0.25, -0.2) is 0 Å². The number of ether oxygens (including phenoxy) is 1. The number of hydrogen-bond acceptors (Lipinski definition) is 4. The first-order chi connectivity index (χ1) is 13.1. The summed E-state index contributed by atoms with van der Waals surface area (Å²) >= 11 is 0. The van der Waals surface area contributed by atoms with E-state index in [-0.39, 0.29) is 12.1 Å². The highest BCUT2D eigenvalue weighted by atomic mass is 16.5. The van der Waals surface area contributed by atoms with E-state index >= 15 is 0 Å². The molecule has 0 bridgehead atoms. The van der Waals surface area contributed by atoms with Gasteiger partial charge >= 0.3 is 5.96 Å². The largest absolute Gasteiger partial charge is 0.475 e. The molecule has 1 saturated heterocycles. The minimum atomic E-state index is -0.0769. The number of nitrogens with zero attached hydrogens (tertiary/aromatic N) is 2. The minimum Gasteiger partial charge on any atom is -0.475 e. The number of anilines is 1. The van der Waals surface area contributed by atoms with E-state index in [1.165, 1.54) is 6.42 Å². The van der Waals surface area contributed by atoms with Gasteiger partial charge in [-0.3, -0.25) is 4.90 Å². The minimum absolute atomic E-state index is 0.0558. The Morgan fingerprint density at radius 1 is 1.11 bits per heavy atom. The lowest BCUT2D eigenvalue weighted by Crippen LogP contribution is -2.55. The fraction of sp³-hybridized carbons (Fsp3) is 0.429. The Labute approximate surface area is 160 Å². The summed E-state index contributed by atoms with van der Waals surface area (Å²) in [6.45, 7) is 1.77. The predicted octanol–water partition coefficient (Wildman–Crippen LogP) is 2.34. The van der Waals surface area contributed by atoms with Crippen LogP contribution in [0.5, 0.6) is 5.75 Å². The normalized spacial score (nSPS) is 21.9. The highest BCUT2D eigenvalue weighted by Crippen LogP contribution is 2.37. The van der Waals surface area contributed by atoms with Crippen molar-refractivity contribution in [2.45, 2.75) is 44.2 Å². The predicted molar refractivity (Wildman–Crippen MR) is 103 cm³/mol. The van der Waals surface area contributed by atoms with Crippen molar-refractivity contribution in [1.82, 2.24) is 4.90 Å². The van der Waals surface area contributed by atoms with E-state index in [1.807, 2.05) is 17.0 Å². The Kier molecular flexibility index (Phi) is 4.87. The maximum absolute atomic E-state index is 8.53. The molecule has 2 aromatic rings. The van der Waals surface area contributed by atoms with Crippen molar-refractivity contribution in [1.29, 1.82) is 5.41 Å². The highest BCUT2D eigenvalue weighted by molar-refractivity contribution is 5.68. The number of nitrogens with two attached hydrogens (primary N) is 2. The van der Waals surface area contributed by atoms with Gasteiger partial charge in [0.25, 0.3) is 5.82 Å². The number of nitrogens with one attached hydrogen (secondary N) is 1. The third kappa shape index (κ3) is 3.56. The monoisotopic (exact) mass is 364 g/mol. The summed E-state index contributed by atoms with van der Waals surface area (Å²) in [6.07, 6.45) is 6.83. The molecule has 1 aliphatic heterocycles. The summed E-state index contributed by atoms with van der Waals surface area (Å²) in [6, 6.07) is 14.1. The van der Waals surface area contributed by atoms with Crippen LogP contribution in [0.1, 0.15) is 55.4 Å². The molecule has 0 amide bonds. The molecule has 6 nitrogen and oxygen atoms in total. The maximum Gasteiger partial charge on any atom is 0.347 e. The van der Waals surface area contributed by atoms with Gasteiger partial charge in [0.1, 0.15) is 12.3 Å². The van der Waals surface area contributed by atoms with Crippen LogP contribution in [0.3, 0.4) is 0 Å². The van der Waals surface area contributed by atoms with Crippen molar-refractivity contribution in [3.05, 3.63) is 53.7 Å². The lowest BCUT2D eigenvalue weighted by Gasteiger charge is -2.29. The molecule has 0 radical (unpaired) electrons. The number of benzene rings is 1. The van der Waals surface area contributed by atoms with Gasteiger partial charge in [0.05, 0.1) is 13.1 Å². The third-order valence-corrected chi connectivity index (χ3v) is 5.45. The first-order valence-electron chi connectivity index (χ1n) is 9.63. The molecule has 0 saturated carbocycles. The molecular weight excluding hydrogens is 338 g/mol. The molecule has 2 atom stereocenters. The Morgan fingerprint density at radius 2 is 1.85 bits per heavy atom. The van der Waals surface area contributed by atoms with Crippen LogP contribution < -0.4 is 20.8 Å². The second kappa shape index (κ2) is 7.45. The molecule has 1 aliphatic carbocycles. The molecule has 2 aliphatic rings. The van der Waals surface area contributed by atoms with Crippen molar-refractivity contribution < 1.29 is 9.30 Å². The molecule has 1 aromatic heterocycles. The third-order valence-electron chi connectivity index (χ3n) is 5.45. The van der Waals surface area contributed by atoms with Gasteiger partial charge in [-0.05, 0) is 49.3 Å². The van der Waals surface area contributed by atoms with Gasteiger partial charge < -0.3 is 16.2 Å². The number of rotatable bonds is 2. The molecule has 0 unspecified atom stereocenters. The zero-order chi connectivity index (χ0) is 18.8. The molecule has 6 heteroatoms. The fourth-order valence-electron chi connectivity index (χ4n) is 3.96. The number of hydrogen-bond donors (Lipinski definition) is 3. The topological polar surface area (TPSA) is 92.2 Å². The zero-order valence-corrected chi connectivity index (χ0v) is 15.4. The van der Waals surface area contributed by atoms with Gasteiger partial charge in [-0.2, -0.15) is 9.98 Å². The van der Waals surface area contributed by atoms with Crippen molar-refractivity contribution in [2.24, 2.45) is 5.73 Å². The number of aromatic nitrogens is 1. The summed E-state index contributed by atoms with van der Waals surface area (Å²) in [7, 11) is 0. The van der Waals surface area contributed by atoms with Gasteiger partial charge in [0, 0.05) is 12.1 Å². The van der Waals surface area contributed by atoms with Crippen LogP contribution in [-0.2, 0) is 0 Å². The Morgan fingerprint density at radius 3 is 2.63 bits per heavy atom. The van der Waals surface area contributed by atoms with E-state index in [0.29, 0.717) is 17.5 Å². The standard InChI is InChI=1S/C21H25N5O/c22-18-9-10-19(17-7-3-2-6-16(17)18)27-15-8-11-20(23)26(14-15)21(24)25-12-4-1-5-13-25/h2-3,6-7,14,18-19,23-24H,1,4-5,9-10,12-13,22H2/p+1/t18-,19+/m0/s1. The number of fused-ring (bicyclic) bond motifs is 1. The summed E-state index contributed by atoms with van der Waals surface area (Å²) < 4.78 is 7.87. The zero-order valence-electron chi connectivity index (χ0n) is 15.4. The second-order valence-corrected chi connectivity index (χ2v) is 7.29. The summed E-state index contributed by atoms with van der Waals surface area (Å²) in [5.74, 6) is 1.28. The Bertz CT molecular complexity index is 831. The van der Waals surface area contributed by atoms with Gasteiger partial charge in [0.2, 0.25) is 0 Å². The Hall–Kier alpha value is -2.78. The van der Waals surface area contributed by atoms with Crippen LogP contribution in [0, 0.1) is 17.5 Å². The molecule has 27 heavy (non-hydrogen) atoms. The molecule has 5 N–H and O–H groups in total. The van der Waals surface area contributed by atoms with E-state index in [0.717, 1.165) is 49.9 Å². The van der Waals surface area contributed by atoms with Gasteiger partial charge in [0.15, 0.2) is 5.75 Å². The van der Waals surface area contributed by atoms with Gasteiger partial charge in [-0.1, -0.05) is 24.3 Å². The van der Waals surface area contributed by atoms with E-state index < -0.39 is 0 Å². The molecular formula is C21H26N5O+. The van der Waals surface area contributed by atoms with E-state index in [2.05, 4.69) is 24.3 Å². The van der Waals surface area contributed by atoms with Crippen molar-refractivity contribution in [2.75, 3.05) is 18.8 Å². The van der Waals surface area contributed by atoms with Crippen LogP contribution in [-0.4, -0.2) is 23.9 Å². The van der Waals surface area contributed by atoms with Crippen molar-refractivity contribution in [3.8, 4) is 5.75 Å². The molecule has 1 aromatic carbocycles. The number of likely N-dealkylation sites (tertiary alicyclic amines) is 1. The summed E-state index contributed by atoms with van der Waals surface area (Å²) in [5, 5.41) is 8.53. The molecule has 140 valence electrons. The lowest BCUT2D eigenvalue weighted by molar-refractivity contribution is -0.551. The number of piperidine rings is 1. The Balaban J connectivity index is 1.57. The van der Waals surface area contributed by atoms with Crippen LogP contribution in [0.2, 0.25) is 0 Å². The smallest absolute Gasteiger partial charge is 0.347 e. The van der Waals surface area contributed by atoms with Crippen molar-refractivity contribution >= 4 is 11.8 Å². The fourth-order valence-corrected chi connectivity index (χ4v) is 3.96. The first kappa shape index (κ1) is 17.6. The van der Waals surface area contributed by atoms with Crippen LogP contribution in [0.25, 0.3) is 0 Å². The first-order valence-corrected chi connectivity index (χ1v) is 9.63. The quantitative estimate of drug-likeness (QED) is 0.433. The van der Waals surface area contributed by atoms with E-state index in [4.69, 9.17) is 21.6 Å². The summed E-state index contributed by atoms with van der Waals surface area (Å²) in [4.78, 5) is 2.05. The second-order valence-electron chi connectivity index (χ2n) is 7.29.